The van der Waals surface area contributed by atoms with Gasteiger partial charge in [-0.3, -0.25) is 10.1 Å². The molecule has 0 saturated heterocycles. The molecule has 0 atom stereocenters. The largest absolute Gasteiger partial charge is 0.493 e. The van der Waals surface area contributed by atoms with Crippen molar-refractivity contribution < 1.29 is 9.53 Å². The minimum atomic E-state index is -0.208. The number of rotatable bonds is 2. The number of fused-ring (bicyclic) bond motifs is 1. The van der Waals surface area contributed by atoms with Crippen LogP contribution in [0, 0.1) is 0 Å². The van der Waals surface area contributed by atoms with Crippen molar-refractivity contribution in [2.45, 2.75) is 6.42 Å². The number of nitrogens with one attached hydrogen (secondary N) is 2. The number of carbonyl (C=O) groups is 1. The summed E-state index contributed by atoms with van der Waals surface area (Å²) in [4.78, 5) is 16.4. The van der Waals surface area contributed by atoms with Gasteiger partial charge in [0.25, 0.3) is 5.91 Å². The molecule has 0 unspecified atom stereocenters. The van der Waals surface area contributed by atoms with Gasteiger partial charge in [-0.25, -0.2) is 4.99 Å². The maximum atomic E-state index is 12.1. The first-order valence-electron chi connectivity index (χ1n) is 7.47. The molecule has 2 aromatic rings. The summed E-state index contributed by atoms with van der Waals surface area (Å²) >= 11 is 0. The van der Waals surface area contributed by atoms with Gasteiger partial charge in [0.2, 0.25) is 5.96 Å². The summed E-state index contributed by atoms with van der Waals surface area (Å²) in [6.07, 6.45) is 2.69. The van der Waals surface area contributed by atoms with Crippen LogP contribution in [-0.2, 0) is 11.2 Å². The molecule has 4 rings (SSSR count). The zero-order valence-corrected chi connectivity index (χ0v) is 12.4. The number of benzene rings is 2. The number of para-hydroxylation sites is 1. The van der Waals surface area contributed by atoms with E-state index in [2.05, 4.69) is 15.6 Å². The number of hydrogen-bond acceptors (Lipinski definition) is 4. The van der Waals surface area contributed by atoms with Crippen molar-refractivity contribution in [2.24, 2.45) is 4.99 Å². The van der Waals surface area contributed by atoms with Crippen LogP contribution in [0.15, 0.2) is 59.2 Å². The molecule has 2 aromatic carbocycles. The van der Waals surface area contributed by atoms with Crippen LogP contribution >= 0.6 is 0 Å². The first-order valence-corrected chi connectivity index (χ1v) is 7.47. The maximum Gasteiger partial charge on any atom is 0.276 e. The Morgan fingerprint density at radius 1 is 1.17 bits per heavy atom. The number of hydrogen-bond donors (Lipinski definition) is 2. The number of nitrogens with zero attached hydrogens (tertiary/aromatic N) is 1. The van der Waals surface area contributed by atoms with Crippen LogP contribution in [0.5, 0.6) is 5.75 Å². The zero-order valence-electron chi connectivity index (χ0n) is 12.4. The Hall–Kier alpha value is -3.08. The van der Waals surface area contributed by atoms with Gasteiger partial charge in [-0.05, 0) is 41.5 Å². The summed E-state index contributed by atoms with van der Waals surface area (Å²) < 4.78 is 5.49. The fraction of sp³-hybridized carbons (Fsp3) is 0.111. The lowest BCUT2D eigenvalue weighted by atomic mass is 10.1. The molecule has 1 amide bonds. The second-order valence-electron chi connectivity index (χ2n) is 5.40. The predicted octanol–water partition coefficient (Wildman–Crippen LogP) is 2.56. The lowest BCUT2D eigenvalue weighted by molar-refractivity contribution is -0.115. The van der Waals surface area contributed by atoms with Gasteiger partial charge in [0.05, 0.1) is 6.61 Å². The first kappa shape index (κ1) is 13.6. The highest BCUT2D eigenvalue weighted by Gasteiger charge is 2.20. The van der Waals surface area contributed by atoms with Gasteiger partial charge in [0, 0.05) is 12.1 Å². The molecule has 0 aliphatic carbocycles. The molecular weight excluding hydrogens is 290 g/mol. The molecule has 114 valence electrons. The molecule has 0 saturated carbocycles. The van der Waals surface area contributed by atoms with E-state index >= 15 is 0 Å². The molecule has 0 radical (unpaired) electrons. The van der Waals surface area contributed by atoms with E-state index in [0.717, 1.165) is 30.0 Å². The second kappa shape index (κ2) is 5.61. The van der Waals surface area contributed by atoms with Crippen molar-refractivity contribution in [3.8, 4) is 5.75 Å². The third-order valence-corrected chi connectivity index (χ3v) is 3.75. The molecule has 0 spiro atoms. The van der Waals surface area contributed by atoms with Crippen molar-refractivity contribution in [2.75, 3.05) is 11.9 Å². The highest BCUT2D eigenvalue weighted by atomic mass is 16.5. The Morgan fingerprint density at radius 3 is 2.91 bits per heavy atom. The minimum absolute atomic E-state index is 0.208. The highest BCUT2D eigenvalue weighted by molar-refractivity contribution is 6.17. The zero-order chi connectivity index (χ0) is 15.6. The predicted molar refractivity (Wildman–Crippen MR) is 89.3 cm³/mol. The van der Waals surface area contributed by atoms with Crippen LogP contribution in [0.4, 0.5) is 5.69 Å². The Morgan fingerprint density at radius 2 is 2.04 bits per heavy atom. The highest BCUT2D eigenvalue weighted by Crippen LogP contribution is 2.27. The van der Waals surface area contributed by atoms with Crippen LogP contribution in [0.1, 0.15) is 11.1 Å². The molecule has 23 heavy (non-hydrogen) atoms. The first-order chi connectivity index (χ1) is 11.3. The van der Waals surface area contributed by atoms with Gasteiger partial charge in [0.15, 0.2) is 0 Å². The monoisotopic (exact) mass is 305 g/mol. The normalized spacial score (nSPS) is 17.5. The Bertz CT molecular complexity index is 825. The van der Waals surface area contributed by atoms with E-state index in [9.17, 15) is 4.79 Å². The molecule has 0 bridgehead atoms. The molecular formula is C18H15N3O2. The van der Waals surface area contributed by atoms with Crippen molar-refractivity contribution in [1.82, 2.24) is 5.32 Å². The van der Waals surface area contributed by atoms with Crippen LogP contribution in [0.3, 0.4) is 0 Å². The molecule has 2 aliphatic heterocycles. The molecule has 5 heteroatoms. The minimum Gasteiger partial charge on any atom is -0.493 e. The van der Waals surface area contributed by atoms with Crippen molar-refractivity contribution in [1.29, 1.82) is 0 Å². The second-order valence-corrected chi connectivity index (χ2v) is 5.40. The SMILES string of the molecule is O=C1NC(Nc2ccccc2)=N/C1=C\c1ccc2c(c1)CCO2. The van der Waals surface area contributed by atoms with E-state index in [4.69, 9.17) is 4.74 Å². The van der Waals surface area contributed by atoms with E-state index < -0.39 is 0 Å². The standard InChI is InChI=1S/C18H15N3O2/c22-17-15(11-12-6-7-16-13(10-12)8-9-23-16)20-18(21-17)19-14-4-2-1-3-5-14/h1-7,10-11H,8-9H2,(H2,19,20,21,22)/b15-11-. The van der Waals surface area contributed by atoms with Crippen molar-refractivity contribution in [3.63, 3.8) is 0 Å². The molecule has 5 nitrogen and oxygen atoms in total. The summed E-state index contributed by atoms with van der Waals surface area (Å²) in [5, 5.41) is 5.82. The Balaban J connectivity index is 1.57. The topological polar surface area (TPSA) is 62.7 Å². The van der Waals surface area contributed by atoms with Gasteiger partial charge >= 0.3 is 0 Å². The molecule has 0 aromatic heterocycles. The molecule has 0 fully saturated rings. The van der Waals surface area contributed by atoms with E-state index in [1.165, 1.54) is 5.56 Å². The maximum absolute atomic E-state index is 12.1. The van der Waals surface area contributed by atoms with Crippen molar-refractivity contribution in [3.05, 3.63) is 65.4 Å². The summed E-state index contributed by atoms with van der Waals surface area (Å²) in [7, 11) is 0. The van der Waals surface area contributed by atoms with Crippen LogP contribution in [0.25, 0.3) is 6.08 Å². The lowest BCUT2D eigenvalue weighted by Gasteiger charge is -2.03. The number of carbonyl (C=O) groups excluding carboxylic acids is 1. The molecule has 2 heterocycles. The number of ether oxygens (including phenoxy) is 1. The van der Waals surface area contributed by atoms with Gasteiger partial charge in [-0.1, -0.05) is 24.3 Å². The number of guanidine groups is 1. The van der Waals surface area contributed by atoms with Gasteiger partial charge in [0.1, 0.15) is 11.4 Å². The molecule has 2 aliphatic rings. The number of amides is 1. The third kappa shape index (κ3) is 2.81. The molecule has 2 N–H and O–H groups in total. The van der Waals surface area contributed by atoms with Crippen molar-refractivity contribution >= 4 is 23.6 Å². The van der Waals surface area contributed by atoms with Crippen LogP contribution in [-0.4, -0.2) is 18.5 Å². The van der Waals surface area contributed by atoms with E-state index in [0.29, 0.717) is 11.7 Å². The Labute approximate surface area is 133 Å². The van der Waals surface area contributed by atoms with Crippen LogP contribution in [0.2, 0.25) is 0 Å². The fourth-order valence-electron chi connectivity index (χ4n) is 2.64. The average Bonchev–Trinajstić information content (AvgIpc) is 3.15. The average molecular weight is 305 g/mol. The smallest absolute Gasteiger partial charge is 0.276 e. The van der Waals surface area contributed by atoms with E-state index in [-0.39, 0.29) is 5.91 Å². The quantitative estimate of drug-likeness (QED) is 0.838. The Kier molecular flexibility index (Phi) is 3.31. The lowest BCUT2D eigenvalue weighted by Crippen LogP contribution is -2.29. The summed E-state index contributed by atoms with van der Waals surface area (Å²) in [5.41, 5.74) is 3.39. The number of aliphatic imine (C=N–C) groups is 1. The third-order valence-electron chi connectivity index (χ3n) is 3.75. The van der Waals surface area contributed by atoms with E-state index in [1.54, 1.807) is 6.08 Å². The fourth-order valence-corrected chi connectivity index (χ4v) is 2.64. The van der Waals surface area contributed by atoms with Crippen LogP contribution < -0.4 is 15.4 Å². The summed E-state index contributed by atoms with van der Waals surface area (Å²) in [5.74, 6) is 1.16. The van der Waals surface area contributed by atoms with Gasteiger partial charge < -0.3 is 10.1 Å². The van der Waals surface area contributed by atoms with Gasteiger partial charge in [-0.15, -0.1) is 0 Å². The summed E-state index contributed by atoms with van der Waals surface area (Å²) in [6, 6.07) is 15.5. The number of anilines is 1. The van der Waals surface area contributed by atoms with Gasteiger partial charge in [-0.2, -0.15) is 0 Å². The van der Waals surface area contributed by atoms with E-state index in [1.807, 2.05) is 48.5 Å². The summed E-state index contributed by atoms with van der Waals surface area (Å²) in [6.45, 7) is 0.721.